The van der Waals surface area contributed by atoms with Crippen LogP contribution < -0.4 is 25.0 Å². The van der Waals surface area contributed by atoms with E-state index in [1.54, 1.807) is 0 Å². The van der Waals surface area contributed by atoms with Crippen molar-refractivity contribution in [3.05, 3.63) is 53.6 Å². The normalized spacial score (nSPS) is 25.5. The molecule has 1 saturated carbocycles. The Morgan fingerprint density at radius 2 is 1.56 bits per heavy atom. The number of hydrogen-bond donors (Lipinski definition) is 2. The van der Waals surface area contributed by atoms with E-state index in [0.717, 1.165) is 107 Å². The Balaban J connectivity index is 1.09. The van der Waals surface area contributed by atoms with Crippen LogP contribution >= 0.6 is 0 Å². The van der Waals surface area contributed by atoms with Gasteiger partial charge in [0.1, 0.15) is 23.7 Å². The summed E-state index contributed by atoms with van der Waals surface area (Å²) < 4.78 is 13.0. The molecule has 7 nitrogen and oxygen atoms in total. The molecule has 3 aliphatic heterocycles. The number of carbonyl (C=O) groups excluding carboxylic acids is 1. The van der Waals surface area contributed by atoms with Crippen LogP contribution in [0.5, 0.6) is 11.5 Å². The largest absolute Gasteiger partial charge is 0.490 e. The molecule has 2 N–H and O–H groups in total. The van der Waals surface area contributed by atoms with Crippen LogP contribution in [0.4, 0.5) is 5.69 Å². The van der Waals surface area contributed by atoms with E-state index in [1.807, 2.05) is 11.0 Å². The Hall–Kier alpha value is -2.77. The molecular weight excluding hydrogens is 536 g/mol. The first-order chi connectivity index (χ1) is 20.8. The Kier molecular flexibility index (Phi) is 9.48. The minimum atomic E-state index is 0.131. The molecule has 0 spiro atoms. The lowest BCUT2D eigenvalue weighted by Crippen LogP contribution is -2.43. The lowest BCUT2D eigenvalue weighted by molar-refractivity contribution is 0.0595. The first kappa shape index (κ1) is 30.3. The second kappa shape index (κ2) is 13.5. The molecule has 4 fully saturated rings. The highest BCUT2D eigenvalue weighted by Gasteiger charge is 2.33. The Morgan fingerprint density at radius 3 is 2.26 bits per heavy atom. The van der Waals surface area contributed by atoms with Gasteiger partial charge in [-0.25, -0.2) is 0 Å². The molecule has 43 heavy (non-hydrogen) atoms. The molecule has 2 aromatic carbocycles. The Morgan fingerprint density at radius 1 is 0.791 bits per heavy atom. The van der Waals surface area contributed by atoms with Gasteiger partial charge in [-0.1, -0.05) is 26.8 Å². The summed E-state index contributed by atoms with van der Waals surface area (Å²) in [6.07, 6.45) is 7.88. The first-order valence-corrected chi connectivity index (χ1v) is 16.9. The van der Waals surface area contributed by atoms with E-state index < -0.39 is 0 Å². The number of amides is 1. The quantitative estimate of drug-likeness (QED) is 0.424. The molecule has 1 amide bonds. The molecule has 7 heteroatoms. The molecule has 3 saturated heterocycles. The number of nitrogens with zero attached hydrogens (tertiary/aromatic N) is 2. The minimum Gasteiger partial charge on any atom is -0.490 e. The summed E-state index contributed by atoms with van der Waals surface area (Å²) >= 11 is 0. The van der Waals surface area contributed by atoms with E-state index in [2.05, 4.69) is 72.7 Å². The summed E-state index contributed by atoms with van der Waals surface area (Å²) in [6, 6.07) is 14.7. The Labute approximate surface area is 258 Å². The van der Waals surface area contributed by atoms with E-state index in [9.17, 15) is 4.79 Å². The summed E-state index contributed by atoms with van der Waals surface area (Å²) in [7, 11) is 0. The van der Waals surface area contributed by atoms with Crippen LogP contribution in [0.25, 0.3) is 0 Å². The van der Waals surface area contributed by atoms with Crippen LogP contribution in [0.2, 0.25) is 0 Å². The zero-order valence-corrected chi connectivity index (χ0v) is 26.6. The van der Waals surface area contributed by atoms with E-state index in [1.165, 1.54) is 24.1 Å². The number of rotatable bonds is 7. The van der Waals surface area contributed by atoms with Crippen LogP contribution in [-0.4, -0.2) is 75.4 Å². The van der Waals surface area contributed by atoms with E-state index in [4.69, 9.17) is 9.47 Å². The van der Waals surface area contributed by atoms with Gasteiger partial charge in [0, 0.05) is 76.0 Å². The summed E-state index contributed by atoms with van der Waals surface area (Å²) in [4.78, 5) is 18.2. The fraction of sp³-hybridized carbons (Fsp3) is 0.639. The van der Waals surface area contributed by atoms with Crippen molar-refractivity contribution in [1.29, 1.82) is 0 Å². The van der Waals surface area contributed by atoms with Crippen molar-refractivity contribution in [2.45, 2.75) is 83.8 Å². The highest BCUT2D eigenvalue weighted by atomic mass is 16.5. The van der Waals surface area contributed by atoms with Crippen molar-refractivity contribution in [2.75, 3.05) is 57.3 Å². The molecule has 0 aromatic heterocycles. The third-order valence-electron chi connectivity index (χ3n) is 10.3. The predicted octanol–water partition coefficient (Wildman–Crippen LogP) is 5.84. The van der Waals surface area contributed by atoms with Gasteiger partial charge in [0.05, 0.1) is 0 Å². The number of likely N-dealkylation sites (tertiary alicyclic amines) is 1. The lowest BCUT2D eigenvalue weighted by Gasteiger charge is -2.37. The number of anilines is 1. The highest BCUT2D eigenvalue weighted by Crippen LogP contribution is 2.45. The number of benzene rings is 2. The molecule has 0 radical (unpaired) electrons. The zero-order valence-electron chi connectivity index (χ0n) is 26.6. The Bertz CT molecular complexity index is 1220. The van der Waals surface area contributed by atoms with Gasteiger partial charge in [-0.15, -0.1) is 0 Å². The molecule has 234 valence electrons. The summed E-state index contributed by atoms with van der Waals surface area (Å²) in [5, 5.41) is 6.84. The third kappa shape index (κ3) is 7.49. The molecule has 2 aromatic rings. The summed E-state index contributed by atoms with van der Waals surface area (Å²) in [6.45, 7) is 14.5. The standard InChI is InChI=1S/C36H52N4O3/c1-36(2,3)28-10-7-26(8-11-28)33-23-27(9-12-34(33)43-32-13-16-38-25-32)35(41)40-19-14-30(15-20-40)42-31-6-4-5-29(24-31)39-21-17-37-18-22-39/h4-6,9,12,23-24,26,28,30,32,37-38H,7-8,10-11,13-22,25H2,1-3H3/t26?,28?,32-/m0/s1. The van der Waals surface area contributed by atoms with Gasteiger partial charge in [0.2, 0.25) is 0 Å². The van der Waals surface area contributed by atoms with Gasteiger partial charge in [-0.05, 0) is 91.8 Å². The second-order valence-corrected chi connectivity index (χ2v) is 14.2. The van der Waals surface area contributed by atoms with E-state index in [-0.39, 0.29) is 18.1 Å². The zero-order chi connectivity index (χ0) is 29.8. The van der Waals surface area contributed by atoms with Gasteiger partial charge in [0.25, 0.3) is 5.91 Å². The molecule has 1 atom stereocenters. The topological polar surface area (TPSA) is 66.1 Å². The van der Waals surface area contributed by atoms with Crippen molar-refractivity contribution in [3.8, 4) is 11.5 Å². The lowest BCUT2D eigenvalue weighted by atomic mass is 9.68. The maximum Gasteiger partial charge on any atom is 0.253 e. The summed E-state index contributed by atoms with van der Waals surface area (Å²) in [5.74, 6) is 3.26. The van der Waals surface area contributed by atoms with Gasteiger partial charge < -0.3 is 29.9 Å². The van der Waals surface area contributed by atoms with Crippen LogP contribution in [0.15, 0.2) is 42.5 Å². The molecule has 1 aliphatic carbocycles. The average molecular weight is 589 g/mol. The van der Waals surface area contributed by atoms with Crippen molar-refractivity contribution < 1.29 is 14.3 Å². The van der Waals surface area contributed by atoms with Gasteiger partial charge in [0.15, 0.2) is 0 Å². The number of nitrogens with one attached hydrogen (secondary N) is 2. The van der Waals surface area contributed by atoms with Crippen LogP contribution in [-0.2, 0) is 0 Å². The molecule has 0 bridgehead atoms. The van der Waals surface area contributed by atoms with Crippen LogP contribution in [0.3, 0.4) is 0 Å². The second-order valence-electron chi connectivity index (χ2n) is 14.2. The number of piperazine rings is 1. The molecule has 4 aliphatic rings. The van der Waals surface area contributed by atoms with Crippen molar-refractivity contribution in [3.63, 3.8) is 0 Å². The van der Waals surface area contributed by atoms with E-state index >= 15 is 0 Å². The van der Waals surface area contributed by atoms with Crippen LogP contribution in [0.1, 0.15) is 87.6 Å². The molecule has 6 rings (SSSR count). The molecular formula is C36H52N4O3. The van der Waals surface area contributed by atoms with Crippen LogP contribution in [0, 0.1) is 11.3 Å². The minimum absolute atomic E-state index is 0.131. The fourth-order valence-electron chi connectivity index (χ4n) is 7.51. The number of carbonyl (C=O) groups is 1. The van der Waals surface area contributed by atoms with Crippen molar-refractivity contribution >= 4 is 11.6 Å². The number of piperidine rings is 1. The van der Waals surface area contributed by atoms with Gasteiger partial charge in [-0.2, -0.15) is 0 Å². The summed E-state index contributed by atoms with van der Waals surface area (Å²) in [5.41, 5.74) is 3.62. The van der Waals surface area contributed by atoms with Crippen molar-refractivity contribution in [1.82, 2.24) is 15.5 Å². The fourth-order valence-corrected chi connectivity index (χ4v) is 7.51. The van der Waals surface area contributed by atoms with E-state index in [0.29, 0.717) is 11.3 Å². The highest BCUT2D eigenvalue weighted by molar-refractivity contribution is 5.94. The monoisotopic (exact) mass is 588 g/mol. The SMILES string of the molecule is CC(C)(C)C1CCC(c2cc(C(=O)N3CCC(Oc4cccc(N5CCNCC5)c4)CC3)ccc2O[C@H]2CCNC2)CC1. The van der Waals surface area contributed by atoms with Gasteiger partial charge >= 0.3 is 0 Å². The number of ether oxygens (including phenoxy) is 2. The maximum atomic E-state index is 13.8. The number of hydrogen-bond acceptors (Lipinski definition) is 6. The van der Waals surface area contributed by atoms with Gasteiger partial charge in [-0.3, -0.25) is 4.79 Å². The third-order valence-corrected chi connectivity index (χ3v) is 10.3. The molecule has 0 unspecified atom stereocenters. The molecule has 3 heterocycles. The average Bonchev–Trinajstić information content (AvgIpc) is 3.55. The first-order valence-electron chi connectivity index (χ1n) is 16.9. The smallest absolute Gasteiger partial charge is 0.253 e. The predicted molar refractivity (Wildman–Crippen MR) is 174 cm³/mol. The van der Waals surface area contributed by atoms with Crippen molar-refractivity contribution in [2.24, 2.45) is 11.3 Å². The maximum absolute atomic E-state index is 13.8.